The van der Waals surface area contributed by atoms with Gasteiger partial charge in [-0.2, -0.15) is 0 Å². The van der Waals surface area contributed by atoms with Crippen molar-refractivity contribution in [3.05, 3.63) is 47.0 Å². The molecule has 0 spiro atoms. The molecule has 0 unspecified atom stereocenters. The number of hydrogen-bond donors (Lipinski definition) is 1. The molecule has 0 saturated heterocycles. The molecular weight excluding hydrogens is 248 g/mol. The summed E-state index contributed by atoms with van der Waals surface area (Å²) in [6.45, 7) is 1.26. The van der Waals surface area contributed by atoms with E-state index in [9.17, 15) is 10.1 Å². The van der Waals surface area contributed by atoms with Crippen molar-refractivity contribution in [3.8, 4) is 5.75 Å². The molecule has 100 valence electrons. The van der Waals surface area contributed by atoms with E-state index < -0.39 is 4.92 Å². The molecule has 0 bridgehead atoms. The summed E-state index contributed by atoms with van der Waals surface area (Å²) in [7, 11) is 1.48. The van der Waals surface area contributed by atoms with E-state index in [2.05, 4.69) is 10.3 Å². The molecule has 0 aliphatic heterocycles. The number of rotatable bonds is 6. The maximum Gasteiger partial charge on any atom is 0.296 e. The molecule has 1 aromatic carbocycles. The Balaban J connectivity index is 2.04. The molecule has 19 heavy (non-hydrogen) atoms. The van der Waals surface area contributed by atoms with Crippen LogP contribution in [0.25, 0.3) is 0 Å². The van der Waals surface area contributed by atoms with Gasteiger partial charge in [0.25, 0.3) is 5.69 Å². The number of ether oxygens (including phenoxy) is 1. The molecule has 0 aliphatic carbocycles. The predicted molar refractivity (Wildman–Crippen MR) is 70.4 cm³/mol. The molecule has 0 radical (unpaired) electrons. The third kappa shape index (κ3) is 3.21. The van der Waals surface area contributed by atoms with Crippen LogP contribution in [-0.2, 0) is 6.54 Å². The third-order valence-electron chi connectivity index (χ3n) is 2.65. The summed E-state index contributed by atoms with van der Waals surface area (Å²) in [6.07, 6.45) is 5.23. The minimum atomic E-state index is -0.429. The molecule has 1 heterocycles. The molecular formula is C12H14N4O3. The van der Waals surface area contributed by atoms with Crippen molar-refractivity contribution in [2.45, 2.75) is 6.54 Å². The molecule has 0 atom stereocenters. The number of nitro groups is 1. The smallest absolute Gasteiger partial charge is 0.296 e. The zero-order valence-corrected chi connectivity index (χ0v) is 10.4. The van der Waals surface area contributed by atoms with Crippen molar-refractivity contribution in [2.75, 3.05) is 19.0 Å². The summed E-state index contributed by atoms with van der Waals surface area (Å²) < 4.78 is 6.87. The second kappa shape index (κ2) is 5.85. The van der Waals surface area contributed by atoms with Gasteiger partial charge in [-0.1, -0.05) is 0 Å². The summed E-state index contributed by atoms with van der Waals surface area (Å²) in [5.41, 5.74) is 0.482. The van der Waals surface area contributed by atoms with E-state index in [0.29, 0.717) is 24.5 Å². The van der Waals surface area contributed by atoms with E-state index in [1.54, 1.807) is 24.7 Å². The van der Waals surface area contributed by atoms with Gasteiger partial charge in [-0.05, 0) is 12.1 Å². The van der Waals surface area contributed by atoms with Crippen LogP contribution in [0.5, 0.6) is 5.75 Å². The summed E-state index contributed by atoms with van der Waals surface area (Å²) in [4.78, 5) is 14.5. The first-order valence-corrected chi connectivity index (χ1v) is 5.73. The predicted octanol–water partition coefficient (Wildman–Crippen LogP) is 1.91. The lowest BCUT2D eigenvalue weighted by Crippen LogP contribution is -2.10. The number of nitrogens with one attached hydrogen (secondary N) is 1. The molecule has 0 amide bonds. The fraction of sp³-hybridized carbons (Fsp3) is 0.250. The zero-order valence-electron chi connectivity index (χ0n) is 10.4. The van der Waals surface area contributed by atoms with Gasteiger partial charge in [0.05, 0.1) is 24.4 Å². The lowest BCUT2D eigenvalue weighted by molar-refractivity contribution is -0.384. The normalized spacial score (nSPS) is 10.2. The van der Waals surface area contributed by atoms with E-state index in [1.807, 2.05) is 10.8 Å². The molecule has 1 aromatic heterocycles. The number of methoxy groups -OCH3 is 1. The number of nitrogens with zero attached hydrogens (tertiary/aromatic N) is 3. The Hall–Kier alpha value is -2.57. The SMILES string of the molecule is COc1ccc(NCCn2ccnc2)c([N+](=O)[O-])c1. The van der Waals surface area contributed by atoms with Gasteiger partial charge in [0.15, 0.2) is 0 Å². The third-order valence-corrected chi connectivity index (χ3v) is 2.65. The second-order valence-corrected chi connectivity index (χ2v) is 3.87. The Morgan fingerprint density at radius 1 is 1.53 bits per heavy atom. The molecule has 7 nitrogen and oxygen atoms in total. The summed E-state index contributed by atoms with van der Waals surface area (Å²) in [6, 6.07) is 4.73. The lowest BCUT2D eigenvalue weighted by Gasteiger charge is -2.08. The largest absolute Gasteiger partial charge is 0.496 e. The maximum atomic E-state index is 11.0. The number of benzene rings is 1. The lowest BCUT2D eigenvalue weighted by atomic mass is 10.2. The van der Waals surface area contributed by atoms with E-state index in [4.69, 9.17) is 4.74 Å². The second-order valence-electron chi connectivity index (χ2n) is 3.87. The average molecular weight is 262 g/mol. The fourth-order valence-corrected chi connectivity index (χ4v) is 1.68. The highest BCUT2D eigenvalue weighted by molar-refractivity contribution is 5.63. The van der Waals surface area contributed by atoms with Crippen LogP contribution in [0.15, 0.2) is 36.9 Å². The summed E-state index contributed by atoms with van der Waals surface area (Å²) in [5.74, 6) is 0.465. The first-order valence-electron chi connectivity index (χ1n) is 5.73. The highest BCUT2D eigenvalue weighted by atomic mass is 16.6. The van der Waals surface area contributed by atoms with E-state index in [-0.39, 0.29) is 5.69 Å². The first kappa shape index (κ1) is 12.9. The van der Waals surface area contributed by atoms with Gasteiger partial charge in [0.2, 0.25) is 0 Å². The first-order chi connectivity index (χ1) is 9.20. The number of imidazole rings is 1. The highest BCUT2D eigenvalue weighted by Crippen LogP contribution is 2.28. The summed E-state index contributed by atoms with van der Waals surface area (Å²) in [5, 5.41) is 14.0. The minimum Gasteiger partial charge on any atom is -0.496 e. The van der Waals surface area contributed by atoms with Gasteiger partial charge in [-0.15, -0.1) is 0 Å². The Labute approximate surface area is 110 Å². The molecule has 2 rings (SSSR count). The van der Waals surface area contributed by atoms with Crippen LogP contribution >= 0.6 is 0 Å². The highest BCUT2D eigenvalue weighted by Gasteiger charge is 2.14. The Morgan fingerprint density at radius 2 is 2.37 bits per heavy atom. The van der Waals surface area contributed by atoms with E-state index in [0.717, 1.165) is 0 Å². The van der Waals surface area contributed by atoms with E-state index in [1.165, 1.54) is 13.2 Å². The van der Waals surface area contributed by atoms with Crippen LogP contribution in [0, 0.1) is 10.1 Å². The fourth-order valence-electron chi connectivity index (χ4n) is 1.68. The zero-order chi connectivity index (χ0) is 13.7. The Morgan fingerprint density at radius 3 is 3.00 bits per heavy atom. The van der Waals surface area contributed by atoms with Gasteiger partial charge < -0.3 is 14.6 Å². The van der Waals surface area contributed by atoms with Crippen molar-refractivity contribution in [3.63, 3.8) is 0 Å². The standard InChI is InChI=1S/C12H14N4O3/c1-19-10-2-3-11(12(8-10)16(17)18)14-5-7-15-6-4-13-9-15/h2-4,6,8-9,14H,5,7H2,1H3. The quantitative estimate of drug-likeness (QED) is 0.635. The van der Waals surface area contributed by atoms with Crippen molar-refractivity contribution >= 4 is 11.4 Å². The van der Waals surface area contributed by atoms with Crippen molar-refractivity contribution in [1.29, 1.82) is 0 Å². The molecule has 0 aliphatic rings. The topological polar surface area (TPSA) is 82.2 Å². The maximum absolute atomic E-state index is 11.0. The van der Waals surface area contributed by atoms with Gasteiger partial charge in [-0.25, -0.2) is 4.98 Å². The molecule has 7 heteroatoms. The van der Waals surface area contributed by atoms with Crippen LogP contribution in [0.2, 0.25) is 0 Å². The van der Waals surface area contributed by atoms with Crippen LogP contribution in [0.4, 0.5) is 11.4 Å². The van der Waals surface area contributed by atoms with Crippen LogP contribution in [0.1, 0.15) is 0 Å². The monoisotopic (exact) mass is 262 g/mol. The molecule has 0 fully saturated rings. The summed E-state index contributed by atoms with van der Waals surface area (Å²) >= 11 is 0. The molecule has 0 saturated carbocycles. The van der Waals surface area contributed by atoms with Gasteiger partial charge in [0.1, 0.15) is 11.4 Å². The number of aromatic nitrogens is 2. The van der Waals surface area contributed by atoms with Gasteiger partial charge in [-0.3, -0.25) is 10.1 Å². The minimum absolute atomic E-state index is 0.00461. The van der Waals surface area contributed by atoms with Crippen LogP contribution < -0.4 is 10.1 Å². The molecule has 2 aromatic rings. The number of hydrogen-bond acceptors (Lipinski definition) is 5. The number of nitro benzene ring substituents is 1. The Bertz CT molecular complexity index is 554. The van der Waals surface area contributed by atoms with Crippen molar-refractivity contribution in [2.24, 2.45) is 0 Å². The van der Waals surface area contributed by atoms with Crippen LogP contribution in [-0.4, -0.2) is 28.1 Å². The van der Waals surface area contributed by atoms with Crippen LogP contribution in [0.3, 0.4) is 0 Å². The Kier molecular flexibility index (Phi) is 3.97. The van der Waals surface area contributed by atoms with E-state index >= 15 is 0 Å². The number of anilines is 1. The van der Waals surface area contributed by atoms with Crippen molar-refractivity contribution < 1.29 is 9.66 Å². The van der Waals surface area contributed by atoms with Gasteiger partial charge in [0, 0.05) is 25.5 Å². The average Bonchev–Trinajstić information content (AvgIpc) is 2.92. The van der Waals surface area contributed by atoms with Crippen molar-refractivity contribution in [1.82, 2.24) is 9.55 Å². The molecule has 1 N–H and O–H groups in total. The van der Waals surface area contributed by atoms with Gasteiger partial charge >= 0.3 is 0 Å².